The lowest BCUT2D eigenvalue weighted by molar-refractivity contribution is -0.164. The number of hydrogen-bond acceptors (Lipinski definition) is 9. The Morgan fingerprint density at radius 1 is 0.933 bits per heavy atom. The summed E-state index contributed by atoms with van der Waals surface area (Å²) in [6.07, 6.45) is 3.58. The number of rotatable bonds is 10. The number of amides is 4. The lowest BCUT2D eigenvalue weighted by Crippen LogP contribution is -2.74. The summed E-state index contributed by atoms with van der Waals surface area (Å²) in [5.41, 5.74) is 2.93. The van der Waals surface area contributed by atoms with Crippen LogP contribution in [0.2, 0.25) is 5.02 Å². The molecule has 3 aromatic rings. The van der Waals surface area contributed by atoms with Crippen molar-refractivity contribution in [3.05, 3.63) is 87.7 Å². The van der Waals surface area contributed by atoms with Crippen molar-refractivity contribution in [1.29, 1.82) is 5.26 Å². The monoisotopic (exact) mass is 837 g/mol. The van der Waals surface area contributed by atoms with E-state index >= 15 is 4.39 Å². The van der Waals surface area contributed by atoms with E-state index in [-0.39, 0.29) is 60.1 Å². The second kappa shape index (κ2) is 16.3. The molecule has 0 spiro atoms. The summed E-state index contributed by atoms with van der Waals surface area (Å²) < 4.78 is 21.8. The molecule has 316 valence electrons. The van der Waals surface area contributed by atoms with Gasteiger partial charge in [0.1, 0.15) is 29.8 Å². The minimum atomic E-state index is -0.725. The molecular weight excluding hydrogens is 785 g/mol. The van der Waals surface area contributed by atoms with Crippen LogP contribution in [0.5, 0.6) is 5.75 Å². The lowest BCUT2D eigenvalue weighted by atomic mass is 9.49. The highest BCUT2D eigenvalue weighted by molar-refractivity contribution is 6.31. The number of nitrogens with zero attached hydrogens (tertiary/aromatic N) is 5. The number of piperazine rings is 1. The van der Waals surface area contributed by atoms with E-state index in [1.165, 1.54) is 11.0 Å². The zero-order valence-corrected chi connectivity index (χ0v) is 35.5. The Morgan fingerprint density at radius 2 is 1.63 bits per heavy atom. The van der Waals surface area contributed by atoms with Gasteiger partial charge in [-0.2, -0.15) is 5.26 Å². The van der Waals surface area contributed by atoms with Crippen molar-refractivity contribution in [3.8, 4) is 11.8 Å². The number of nitriles is 1. The second-order valence-electron chi connectivity index (χ2n) is 18.3. The minimum absolute atomic E-state index is 0.112. The second-order valence-corrected chi connectivity index (χ2v) is 18.7. The number of halogens is 2. The average Bonchev–Trinajstić information content (AvgIpc) is 3.55. The third-order valence-electron chi connectivity index (χ3n) is 13.7. The van der Waals surface area contributed by atoms with Crippen molar-refractivity contribution in [2.45, 2.75) is 84.5 Å². The molecule has 0 radical (unpaired) electrons. The number of ether oxygens (including phenoxy) is 1. The van der Waals surface area contributed by atoms with Gasteiger partial charge >= 0.3 is 0 Å². The number of fused-ring (bicyclic) bond motifs is 1. The molecule has 1 aliphatic carbocycles. The first-order chi connectivity index (χ1) is 28.6. The lowest BCUT2D eigenvalue weighted by Gasteiger charge is -2.63. The standard InChI is InChI=1S/C46H53ClFN7O5/c1-45(2)43(46(3,4)44(45)60-33-10-7-30(26-49)35(47)24-33)51-40(57)29-5-8-32(9-6-29)53-17-14-28(15-18-53)13-16-52-19-21-54(22-20-52)38-23-31-27-55(42(59)34(31)25-36(38)48)37-11-12-39(56)50-41(37)58/h5-10,23-25,28,37,43-44H,11-22,27H2,1-4H3,(H,51,57)(H,50,56,58). The first-order valence-electron chi connectivity index (χ1n) is 21.1. The molecule has 4 fully saturated rings. The van der Waals surface area contributed by atoms with Crippen molar-refractivity contribution in [3.63, 3.8) is 0 Å². The van der Waals surface area contributed by atoms with Crippen molar-refractivity contribution in [2.24, 2.45) is 16.7 Å². The summed E-state index contributed by atoms with van der Waals surface area (Å²) in [6.45, 7) is 14.6. The number of carbonyl (C=O) groups is 4. The van der Waals surface area contributed by atoms with Crippen molar-refractivity contribution in [1.82, 2.24) is 20.4 Å². The maximum atomic E-state index is 15.4. The van der Waals surface area contributed by atoms with E-state index in [1.807, 2.05) is 24.3 Å². The van der Waals surface area contributed by atoms with Gasteiger partial charge < -0.3 is 24.8 Å². The van der Waals surface area contributed by atoms with Gasteiger partial charge in [-0.3, -0.25) is 29.4 Å². The summed E-state index contributed by atoms with van der Waals surface area (Å²) in [5.74, 6) is -0.499. The molecule has 3 saturated heterocycles. The van der Waals surface area contributed by atoms with Crippen LogP contribution in [0.15, 0.2) is 54.6 Å². The Balaban J connectivity index is 0.771. The minimum Gasteiger partial charge on any atom is -0.489 e. The number of benzene rings is 3. The molecule has 3 aromatic carbocycles. The molecule has 0 bridgehead atoms. The average molecular weight is 838 g/mol. The maximum absolute atomic E-state index is 15.4. The summed E-state index contributed by atoms with van der Waals surface area (Å²) in [6, 6.07) is 17.3. The van der Waals surface area contributed by atoms with Crippen LogP contribution in [-0.4, -0.2) is 97.4 Å². The Kier molecular flexibility index (Phi) is 11.3. The van der Waals surface area contributed by atoms with Crippen LogP contribution in [0, 0.1) is 33.9 Å². The predicted octanol–water partition coefficient (Wildman–Crippen LogP) is 6.15. The molecule has 14 heteroatoms. The molecule has 4 heterocycles. The number of hydrogen-bond donors (Lipinski definition) is 2. The first-order valence-corrected chi connectivity index (χ1v) is 21.5. The van der Waals surface area contributed by atoms with Crippen LogP contribution in [-0.2, 0) is 16.1 Å². The van der Waals surface area contributed by atoms with E-state index in [0.717, 1.165) is 57.7 Å². The van der Waals surface area contributed by atoms with Crippen LogP contribution in [0.4, 0.5) is 15.8 Å². The van der Waals surface area contributed by atoms with Gasteiger partial charge in [0.05, 0.1) is 16.3 Å². The SMILES string of the molecule is CC1(C)C(NC(=O)c2ccc(N3CCC(CCN4CCN(c5cc6c(cc5F)C(=O)N(C5CCC(=O)NC5=O)C6)CC4)CC3)cc2)C(C)(C)C1Oc1ccc(C#N)c(Cl)c1. The van der Waals surface area contributed by atoms with Crippen LogP contribution < -0.4 is 25.2 Å². The van der Waals surface area contributed by atoms with E-state index in [9.17, 15) is 24.4 Å². The molecule has 60 heavy (non-hydrogen) atoms. The first kappa shape index (κ1) is 41.5. The van der Waals surface area contributed by atoms with Crippen molar-refractivity contribution in [2.75, 3.05) is 55.6 Å². The Labute approximate surface area is 355 Å². The topological polar surface area (TPSA) is 138 Å². The highest BCUT2D eigenvalue weighted by Gasteiger charge is 2.64. The molecule has 5 aliphatic rings. The van der Waals surface area contributed by atoms with Gasteiger partial charge in [0.25, 0.3) is 11.8 Å². The zero-order chi connectivity index (χ0) is 42.5. The van der Waals surface area contributed by atoms with Gasteiger partial charge in [0.15, 0.2) is 0 Å². The molecule has 0 aromatic heterocycles. The third-order valence-corrected chi connectivity index (χ3v) is 14.0. The fraction of sp³-hybridized carbons (Fsp3) is 0.500. The molecule has 2 N–H and O–H groups in total. The summed E-state index contributed by atoms with van der Waals surface area (Å²) >= 11 is 6.25. The molecule has 4 aliphatic heterocycles. The fourth-order valence-electron chi connectivity index (χ4n) is 10.5. The third kappa shape index (κ3) is 7.92. The Bertz CT molecular complexity index is 2210. The van der Waals surface area contributed by atoms with E-state index in [0.29, 0.717) is 57.7 Å². The Morgan fingerprint density at radius 3 is 2.28 bits per heavy atom. The normalized spacial score (nSPS) is 24.1. The molecule has 1 unspecified atom stereocenters. The number of imide groups is 1. The predicted molar refractivity (Wildman–Crippen MR) is 226 cm³/mol. The van der Waals surface area contributed by atoms with Crippen molar-refractivity contribution >= 4 is 46.6 Å². The van der Waals surface area contributed by atoms with Crippen LogP contribution in [0.25, 0.3) is 0 Å². The number of nitrogens with one attached hydrogen (secondary N) is 2. The van der Waals surface area contributed by atoms with Crippen LogP contribution in [0.1, 0.15) is 91.6 Å². The number of anilines is 2. The number of piperidine rings is 2. The largest absolute Gasteiger partial charge is 0.489 e. The van der Waals surface area contributed by atoms with Gasteiger partial charge in [-0.05, 0) is 92.2 Å². The zero-order valence-electron chi connectivity index (χ0n) is 34.7. The van der Waals surface area contributed by atoms with Gasteiger partial charge in [0.2, 0.25) is 11.8 Å². The van der Waals surface area contributed by atoms with Crippen LogP contribution >= 0.6 is 11.6 Å². The fourth-order valence-corrected chi connectivity index (χ4v) is 10.7. The summed E-state index contributed by atoms with van der Waals surface area (Å²) in [5, 5.41) is 15.2. The summed E-state index contributed by atoms with van der Waals surface area (Å²) in [4.78, 5) is 59.0. The summed E-state index contributed by atoms with van der Waals surface area (Å²) in [7, 11) is 0. The van der Waals surface area contributed by atoms with Gasteiger partial charge in [0, 0.05) is 92.0 Å². The quantitative estimate of drug-likeness (QED) is 0.230. The van der Waals surface area contributed by atoms with E-state index in [2.05, 4.69) is 59.1 Å². The van der Waals surface area contributed by atoms with Gasteiger partial charge in [-0.25, -0.2) is 4.39 Å². The van der Waals surface area contributed by atoms with Crippen molar-refractivity contribution < 1.29 is 28.3 Å². The maximum Gasteiger partial charge on any atom is 0.255 e. The molecule has 1 atom stereocenters. The van der Waals surface area contributed by atoms with E-state index in [1.54, 1.807) is 24.3 Å². The molecule has 4 amide bonds. The highest BCUT2D eigenvalue weighted by Crippen LogP contribution is 2.55. The molecule has 8 rings (SSSR count). The van der Waals surface area contributed by atoms with E-state index in [4.69, 9.17) is 16.3 Å². The molecule has 12 nitrogen and oxygen atoms in total. The molecular formula is C46H53ClFN7O5. The van der Waals surface area contributed by atoms with Crippen LogP contribution in [0.3, 0.4) is 0 Å². The van der Waals surface area contributed by atoms with E-state index < -0.39 is 17.8 Å². The van der Waals surface area contributed by atoms with Gasteiger partial charge in [-0.15, -0.1) is 0 Å². The Hall–Kier alpha value is -5.19. The highest BCUT2D eigenvalue weighted by atomic mass is 35.5. The molecule has 1 saturated carbocycles. The number of carbonyl (C=O) groups excluding carboxylic acids is 4. The van der Waals surface area contributed by atoms with Gasteiger partial charge in [-0.1, -0.05) is 39.3 Å². The smallest absolute Gasteiger partial charge is 0.255 e.